The molecular weight excluding hydrogens is 312 g/mol. The van der Waals surface area contributed by atoms with E-state index in [1.54, 1.807) is 6.20 Å². The van der Waals surface area contributed by atoms with E-state index in [0.717, 1.165) is 50.3 Å². The standard InChI is InChI=1S/C20H24N4O/c1-15-4-6-16(7-5-15)23-12-8-17(9-13-23)24-14-10-18-19(22-20(24)25)3-2-11-21-18/h2-7,11,17H,8-10,12-14H2,1H3,(H,22,25). The number of nitrogens with zero attached hydrogens (tertiary/aromatic N) is 3. The van der Waals surface area contributed by atoms with Crippen molar-refractivity contribution in [1.29, 1.82) is 0 Å². The van der Waals surface area contributed by atoms with E-state index < -0.39 is 0 Å². The lowest BCUT2D eigenvalue weighted by molar-refractivity contribution is 0.177. The SMILES string of the molecule is Cc1ccc(N2CCC(N3CCc4ncccc4NC3=O)CC2)cc1. The summed E-state index contributed by atoms with van der Waals surface area (Å²) >= 11 is 0. The average molecular weight is 336 g/mol. The van der Waals surface area contributed by atoms with Crippen LogP contribution in [0.15, 0.2) is 42.6 Å². The predicted molar refractivity (Wildman–Crippen MR) is 100 cm³/mol. The number of aromatic nitrogens is 1. The number of piperidine rings is 1. The Labute approximate surface area is 148 Å². The van der Waals surface area contributed by atoms with E-state index in [1.807, 2.05) is 17.0 Å². The summed E-state index contributed by atoms with van der Waals surface area (Å²) in [6.45, 7) is 4.83. The fourth-order valence-corrected chi connectivity index (χ4v) is 3.81. The summed E-state index contributed by atoms with van der Waals surface area (Å²) in [6.07, 6.45) is 4.62. The predicted octanol–water partition coefficient (Wildman–Crippen LogP) is 3.45. The van der Waals surface area contributed by atoms with Crippen molar-refractivity contribution in [1.82, 2.24) is 9.88 Å². The van der Waals surface area contributed by atoms with Crippen LogP contribution in [-0.2, 0) is 6.42 Å². The maximum atomic E-state index is 12.6. The van der Waals surface area contributed by atoms with Gasteiger partial charge in [0.2, 0.25) is 0 Å². The van der Waals surface area contributed by atoms with Crippen LogP contribution in [0.2, 0.25) is 0 Å². The second-order valence-electron chi connectivity index (χ2n) is 6.92. The zero-order valence-corrected chi connectivity index (χ0v) is 14.6. The molecule has 0 atom stereocenters. The van der Waals surface area contributed by atoms with E-state index in [-0.39, 0.29) is 6.03 Å². The van der Waals surface area contributed by atoms with Gasteiger partial charge in [0.05, 0.1) is 11.4 Å². The number of anilines is 2. The number of benzene rings is 1. The van der Waals surface area contributed by atoms with E-state index in [9.17, 15) is 4.79 Å². The van der Waals surface area contributed by atoms with Crippen molar-refractivity contribution in [2.45, 2.75) is 32.2 Å². The summed E-state index contributed by atoms with van der Waals surface area (Å²) in [6, 6.07) is 12.8. The van der Waals surface area contributed by atoms with Gasteiger partial charge in [0.15, 0.2) is 0 Å². The van der Waals surface area contributed by atoms with Crippen LogP contribution in [0.25, 0.3) is 0 Å². The second kappa shape index (κ2) is 6.75. The first-order chi connectivity index (χ1) is 12.2. The van der Waals surface area contributed by atoms with Gasteiger partial charge >= 0.3 is 6.03 Å². The summed E-state index contributed by atoms with van der Waals surface area (Å²) in [7, 11) is 0. The monoisotopic (exact) mass is 336 g/mol. The van der Waals surface area contributed by atoms with Gasteiger partial charge in [-0.25, -0.2) is 4.79 Å². The van der Waals surface area contributed by atoms with Gasteiger partial charge in [-0.15, -0.1) is 0 Å². The van der Waals surface area contributed by atoms with Crippen LogP contribution in [0, 0.1) is 6.92 Å². The molecule has 5 heteroatoms. The van der Waals surface area contributed by atoms with Gasteiger partial charge in [-0.05, 0) is 44.0 Å². The molecule has 1 aromatic carbocycles. The minimum Gasteiger partial charge on any atom is -0.371 e. The maximum absolute atomic E-state index is 12.6. The van der Waals surface area contributed by atoms with Crippen LogP contribution in [-0.4, -0.2) is 41.6 Å². The third-order valence-electron chi connectivity index (χ3n) is 5.29. The Morgan fingerprint density at radius 3 is 2.60 bits per heavy atom. The first kappa shape index (κ1) is 15.9. The molecule has 1 fully saturated rings. The maximum Gasteiger partial charge on any atom is 0.322 e. The summed E-state index contributed by atoms with van der Waals surface area (Å²) < 4.78 is 0. The molecule has 0 spiro atoms. The highest BCUT2D eigenvalue weighted by molar-refractivity contribution is 5.90. The van der Waals surface area contributed by atoms with Crippen LogP contribution in [0.4, 0.5) is 16.2 Å². The minimum atomic E-state index is 0.0144. The molecule has 2 aromatic rings. The van der Waals surface area contributed by atoms with Crippen LogP contribution in [0.5, 0.6) is 0 Å². The molecule has 0 bridgehead atoms. The number of amides is 2. The molecule has 0 aliphatic carbocycles. The first-order valence-corrected chi connectivity index (χ1v) is 9.04. The Morgan fingerprint density at radius 2 is 1.84 bits per heavy atom. The lowest BCUT2D eigenvalue weighted by Crippen LogP contribution is -2.48. The Bertz CT molecular complexity index is 751. The average Bonchev–Trinajstić information content (AvgIpc) is 2.81. The molecular formula is C20H24N4O. The van der Waals surface area contributed by atoms with Crippen molar-refractivity contribution in [3.63, 3.8) is 0 Å². The molecule has 1 saturated heterocycles. The normalized spacial score (nSPS) is 18.5. The zero-order valence-electron chi connectivity index (χ0n) is 14.6. The van der Waals surface area contributed by atoms with E-state index in [0.29, 0.717) is 6.04 Å². The van der Waals surface area contributed by atoms with Gasteiger partial charge in [-0.2, -0.15) is 0 Å². The van der Waals surface area contributed by atoms with Crippen LogP contribution < -0.4 is 10.2 Å². The van der Waals surface area contributed by atoms with Gasteiger partial charge in [0, 0.05) is 44.0 Å². The zero-order chi connectivity index (χ0) is 17.2. The van der Waals surface area contributed by atoms with Crippen molar-refractivity contribution in [3.8, 4) is 0 Å². The fraction of sp³-hybridized carbons (Fsp3) is 0.400. The molecule has 1 N–H and O–H groups in total. The van der Waals surface area contributed by atoms with Crippen molar-refractivity contribution >= 4 is 17.4 Å². The number of urea groups is 1. The molecule has 0 saturated carbocycles. The number of pyridine rings is 1. The number of carbonyl (C=O) groups excluding carboxylic acids is 1. The molecule has 3 heterocycles. The highest BCUT2D eigenvalue weighted by Crippen LogP contribution is 2.26. The number of carbonyl (C=O) groups is 1. The van der Waals surface area contributed by atoms with E-state index in [2.05, 4.69) is 46.4 Å². The molecule has 2 aliphatic rings. The van der Waals surface area contributed by atoms with Gasteiger partial charge in [0.25, 0.3) is 0 Å². The van der Waals surface area contributed by atoms with E-state index in [4.69, 9.17) is 0 Å². The molecule has 1 aromatic heterocycles. The summed E-state index contributed by atoms with van der Waals surface area (Å²) in [5.74, 6) is 0. The molecule has 130 valence electrons. The van der Waals surface area contributed by atoms with Crippen LogP contribution in [0.1, 0.15) is 24.1 Å². The van der Waals surface area contributed by atoms with Crippen molar-refractivity contribution in [2.24, 2.45) is 0 Å². The lowest BCUT2D eigenvalue weighted by Gasteiger charge is -2.38. The summed E-state index contributed by atoms with van der Waals surface area (Å²) in [5.41, 5.74) is 4.40. The quantitative estimate of drug-likeness (QED) is 0.914. The van der Waals surface area contributed by atoms with Gasteiger partial charge in [-0.3, -0.25) is 4.98 Å². The molecule has 5 nitrogen and oxygen atoms in total. The summed E-state index contributed by atoms with van der Waals surface area (Å²) in [4.78, 5) is 21.5. The highest BCUT2D eigenvalue weighted by Gasteiger charge is 2.30. The Hall–Kier alpha value is -2.56. The molecule has 0 radical (unpaired) electrons. The van der Waals surface area contributed by atoms with Crippen molar-refractivity contribution in [3.05, 3.63) is 53.9 Å². The Morgan fingerprint density at radius 1 is 1.08 bits per heavy atom. The first-order valence-electron chi connectivity index (χ1n) is 9.04. The van der Waals surface area contributed by atoms with Crippen molar-refractivity contribution < 1.29 is 4.79 Å². The van der Waals surface area contributed by atoms with Crippen LogP contribution in [0.3, 0.4) is 0 Å². The molecule has 4 rings (SSSR count). The number of rotatable bonds is 2. The third kappa shape index (κ3) is 3.31. The number of aryl methyl sites for hydroxylation is 1. The second-order valence-corrected chi connectivity index (χ2v) is 6.92. The molecule has 0 unspecified atom stereocenters. The Kier molecular flexibility index (Phi) is 4.30. The molecule has 2 amide bonds. The van der Waals surface area contributed by atoms with E-state index >= 15 is 0 Å². The largest absolute Gasteiger partial charge is 0.371 e. The lowest BCUT2D eigenvalue weighted by atomic mass is 10.0. The highest BCUT2D eigenvalue weighted by atomic mass is 16.2. The smallest absolute Gasteiger partial charge is 0.322 e. The Balaban J connectivity index is 1.41. The molecule has 25 heavy (non-hydrogen) atoms. The van der Waals surface area contributed by atoms with E-state index in [1.165, 1.54) is 11.3 Å². The number of hydrogen-bond acceptors (Lipinski definition) is 3. The minimum absolute atomic E-state index is 0.0144. The number of hydrogen-bond donors (Lipinski definition) is 1. The fourth-order valence-electron chi connectivity index (χ4n) is 3.81. The number of fused-ring (bicyclic) bond motifs is 1. The van der Waals surface area contributed by atoms with Gasteiger partial charge in [0.1, 0.15) is 0 Å². The van der Waals surface area contributed by atoms with Crippen molar-refractivity contribution in [2.75, 3.05) is 29.9 Å². The van der Waals surface area contributed by atoms with Crippen LogP contribution >= 0.6 is 0 Å². The summed E-state index contributed by atoms with van der Waals surface area (Å²) in [5, 5.41) is 3.03. The number of nitrogens with one attached hydrogen (secondary N) is 1. The van der Waals surface area contributed by atoms with Gasteiger partial charge < -0.3 is 15.1 Å². The third-order valence-corrected chi connectivity index (χ3v) is 5.29. The van der Waals surface area contributed by atoms with Gasteiger partial charge in [-0.1, -0.05) is 17.7 Å². The topological polar surface area (TPSA) is 48.5 Å². The molecule has 2 aliphatic heterocycles.